The Morgan fingerprint density at radius 2 is 1.55 bits per heavy atom. The number of alkyl halides is 4. The second-order valence-corrected chi connectivity index (χ2v) is 3.93. The fourth-order valence-corrected chi connectivity index (χ4v) is 1.80. The minimum absolute atomic E-state index is 0.495. The Bertz CT molecular complexity index is 660. The molecule has 0 N–H and O–H groups in total. The van der Waals surface area contributed by atoms with Gasteiger partial charge in [0.15, 0.2) is 0 Å². The van der Waals surface area contributed by atoms with Gasteiger partial charge in [0.05, 0.1) is 5.56 Å². The summed E-state index contributed by atoms with van der Waals surface area (Å²) in [4.78, 5) is 0. The molecule has 0 saturated heterocycles. The predicted molar refractivity (Wildman–Crippen MR) is 63.9 cm³/mol. The summed E-state index contributed by atoms with van der Waals surface area (Å²) in [5.74, 6) is -3.34. The molecule has 0 atom stereocenters. The van der Waals surface area contributed by atoms with Crippen LogP contribution in [0.4, 0.5) is 26.3 Å². The van der Waals surface area contributed by atoms with Crippen molar-refractivity contribution >= 4 is 0 Å². The third-order valence-corrected chi connectivity index (χ3v) is 2.55. The van der Waals surface area contributed by atoms with E-state index < -0.39 is 47.5 Å². The van der Waals surface area contributed by atoms with E-state index in [2.05, 4.69) is 9.47 Å². The van der Waals surface area contributed by atoms with Crippen molar-refractivity contribution in [2.24, 2.45) is 0 Å². The molecule has 0 aromatic heterocycles. The van der Waals surface area contributed by atoms with Gasteiger partial charge in [0.1, 0.15) is 23.1 Å². The van der Waals surface area contributed by atoms with Gasteiger partial charge in [-0.25, -0.2) is 8.78 Å². The Balaban J connectivity index is 2.62. The molecular weight excluding hydrogens is 314 g/mol. The zero-order valence-corrected chi connectivity index (χ0v) is 10.6. The van der Waals surface area contributed by atoms with Gasteiger partial charge in [-0.2, -0.15) is 17.6 Å². The summed E-state index contributed by atoms with van der Waals surface area (Å²) in [6, 6.07) is 6.26. The van der Waals surface area contributed by atoms with E-state index in [1.54, 1.807) is 0 Å². The van der Waals surface area contributed by atoms with Crippen molar-refractivity contribution in [1.82, 2.24) is 0 Å². The van der Waals surface area contributed by atoms with Crippen LogP contribution in [0.2, 0.25) is 0 Å². The standard InChI is InChI=1S/C14H7F6O2/c15-7-4-5-10(21-13(17)18)8(6-7)12-9(16)2-1-3-11(12)22-14(19)20/h1-3,5-6,13-14H. The van der Waals surface area contributed by atoms with E-state index in [-0.39, 0.29) is 0 Å². The Kier molecular flexibility index (Phi) is 4.79. The molecule has 0 bridgehead atoms. The van der Waals surface area contributed by atoms with Crippen molar-refractivity contribution < 1.29 is 35.8 Å². The van der Waals surface area contributed by atoms with Crippen LogP contribution in [0, 0.1) is 17.7 Å². The van der Waals surface area contributed by atoms with Crippen molar-refractivity contribution in [1.29, 1.82) is 0 Å². The molecule has 0 saturated carbocycles. The molecule has 2 rings (SSSR count). The van der Waals surface area contributed by atoms with Crippen LogP contribution >= 0.6 is 0 Å². The highest BCUT2D eigenvalue weighted by molar-refractivity contribution is 5.76. The number of rotatable bonds is 5. The number of hydrogen-bond donors (Lipinski definition) is 0. The van der Waals surface area contributed by atoms with Crippen LogP contribution < -0.4 is 9.47 Å². The maximum Gasteiger partial charge on any atom is 0.387 e. The molecule has 0 spiro atoms. The van der Waals surface area contributed by atoms with Crippen LogP contribution in [0.3, 0.4) is 0 Å². The molecule has 0 amide bonds. The SMILES string of the molecule is Fc1[c]cc(OC(F)F)c(-c2c(F)cccc2OC(F)F)c1. The van der Waals surface area contributed by atoms with Gasteiger partial charge in [0, 0.05) is 11.6 Å². The van der Waals surface area contributed by atoms with Gasteiger partial charge in [-0.15, -0.1) is 0 Å². The van der Waals surface area contributed by atoms with E-state index in [1.165, 1.54) is 0 Å². The first-order chi connectivity index (χ1) is 10.4. The molecule has 22 heavy (non-hydrogen) atoms. The molecule has 2 nitrogen and oxygen atoms in total. The van der Waals surface area contributed by atoms with Crippen LogP contribution in [0.25, 0.3) is 11.1 Å². The molecular formula is C14H7F6O2. The van der Waals surface area contributed by atoms with E-state index in [0.29, 0.717) is 6.07 Å². The fourth-order valence-electron chi connectivity index (χ4n) is 1.80. The third kappa shape index (κ3) is 3.63. The zero-order valence-electron chi connectivity index (χ0n) is 10.6. The van der Waals surface area contributed by atoms with Crippen LogP contribution in [0.15, 0.2) is 30.3 Å². The normalized spacial score (nSPS) is 11.1. The smallest absolute Gasteiger partial charge is 0.387 e. The lowest BCUT2D eigenvalue weighted by atomic mass is 10.0. The highest BCUT2D eigenvalue weighted by Gasteiger charge is 2.21. The molecule has 8 heteroatoms. The molecule has 0 fully saturated rings. The van der Waals surface area contributed by atoms with Gasteiger partial charge in [-0.3, -0.25) is 0 Å². The number of halogens is 6. The van der Waals surface area contributed by atoms with Gasteiger partial charge in [0.2, 0.25) is 0 Å². The number of hydrogen-bond acceptors (Lipinski definition) is 2. The molecule has 0 heterocycles. The van der Waals surface area contributed by atoms with E-state index in [4.69, 9.17) is 0 Å². The zero-order chi connectivity index (χ0) is 16.3. The van der Waals surface area contributed by atoms with Crippen molar-refractivity contribution in [2.75, 3.05) is 0 Å². The Labute approximate surface area is 120 Å². The summed E-state index contributed by atoms with van der Waals surface area (Å²) in [6.07, 6.45) is 0. The minimum Gasteiger partial charge on any atom is -0.434 e. The Morgan fingerprint density at radius 1 is 0.909 bits per heavy atom. The Hall–Kier alpha value is -2.38. The van der Waals surface area contributed by atoms with Gasteiger partial charge < -0.3 is 9.47 Å². The molecule has 1 radical (unpaired) electrons. The average Bonchev–Trinajstić information content (AvgIpc) is 2.40. The maximum absolute atomic E-state index is 13.9. The molecule has 2 aromatic carbocycles. The molecule has 0 aliphatic heterocycles. The second-order valence-electron chi connectivity index (χ2n) is 3.93. The first-order valence-corrected chi connectivity index (χ1v) is 5.78. The van der Waals surface area contributed by atoms with Crippen molar-refractivity contribution in [2.45, 2.75) is 13.2 Å². The monoisotopic (exact) mass is 321 g/mol. The lowest BCUT2D eigenvalue weighted by Gasteiger charge is -2.15. The summed E-state index contributed by atoms with van der Waals surface area (Å²) >= 11 is 0. The van der Waals surface area contributed by atoms with Crippen molar-refractivity contribution in [3.63, 3.8) is 0 Å². The van der Waals surface area contributed by atoms with Gasteiger partial charge >= 0.3 is 13.2 Å². The first-order valence-electron chi connectivity index (χ1n) is 5.78. The number of benzene rings is 2. The minimum atomic E-state index is -3.28. The van der Waals surface area contributed by atoms with Gasteiger partial charge in [0.25, 0.3) is 0 Å². The first kappa shape index (κ1) is 16.0. The quantitative estimate of drug-likeness (QED) is 0.747. The summed E-state index contributed by atoms with van der Waals surface area (Å²) in [6.45, 7) is -6.55. The fraction of sp³-hybridized carbons (Fsp3) is 0.143. The van der Waals surface area contributed by atoms with Crippen molar-refractivity contribution in [3.8, 4) is 22.6 Å². The summed E-state index contributed by atoms with van der Waals surface area (Å²) in [5.41, 5.74) is -1.11. The van der Waals surface area contributed by atoms with E-state index >= 15 is 0 Å². The maximum atomic E-state index is 13.9. The molecule has 0 aliphatic carbocycles. The summed E-state index contributed by atoms with van der Waals surface area (Å²) < 4.78 is 84.9. The topological polar surface area (TPSA) is 18.5 Å². The molecule has 117 valence electrons. The number of ether oxygens (including phenoxy) is 2. The highest BCUT2D eigenvalue weighted by Crippen LogP contribution is 2.39. The Morgan fingerprint density at radius 3 is 2.18 bits per heavy atom. The van der Waals surface area contributed by atoms with E-state index in [1.807, 2.05) is 6.07 Å². The molecule has 0 aliphatic rings. The van der Waals surface area contributed by atoms with Crippen LogP contribution in [0.1, 0.15) is 0 Å². The van der Waals surface area contributed by atoms with Crippen LogP contribution in [-0.4, -0.2) is 13.2 Å². The van der Waals surface area contributed by atoms with Gasteiger partial charge in [-0.05, 0) is 24.3 Å². The van der Waals surface area contributed by atoms with Crippen LogP contribution in [0.5, 0.6) is 11.5 Å². The lowest BCUT2D eigenvalue weighted by molar-refractivity contribution is -0.0515. The van der Waals surface area contributed by atoms with Crippen molar-refractivity contribution in [3.05, 3.63) is 48.0 Å². The summed E-state index contributed by atoms with van der Waals surface area (Å²) in [7, 11) is 0. The van der Waals surface area contributed by atoms with Crippen LogP contribution in [-0.2, 0) is 0 Å². The van der Waals surface area contributed by atoms with E-state index in [9.17, 15) is 26.3 Å². The third-order valence-electron chi connectivity index (χ3n) is 2.55. The highest BCUT2D eigenvalue weighted by atomic mass is 19.3. The molecule has 2 aromatic rings. The molecule has 0 unspecified atom stereocenters. The largest absolute Gasteiger partial charge is 0.434 e. The predicted octanol–water partition coefficient (Wildman–Crippen LogP) is 4.63. The average molecular weight is 321 g/mol. The summed E-state index contributed by atoms with van der Waals surface area (Å²) in [5, 5.41) is 0. The second kappa shape index (κ2) is 6.59. The van der Waals surface area contributed by atoms with E-state index in [0.717, 1.165) is 24.3 Å². The van der Waals surface area contributed by atoms with Gasteiger partial charge in [-0.1, -0.05) is 6.07 Å². The lowest BCUT2D eigenvalue weighted by Crippen LogP contribution is -2.07.